The summed E-state index contributed by atoms with van der Waals surface area (Å²) >= 11 is 0. The Morgan fingerprint density at radius 3 is 2.62 bits per heavy atom. The van der Waals surface area contributed by atoms with Gasteiger partial charge in [0.1, 0.15) is 5.82 Å². The van der Waals surface area contributed by atoms with Gasteiger partial charge in [0.2, 0.25) is 5.91 Å². The van der Waals surface area contributed by atoms with Crippen molar-refractivity contribution in [3.05, 3.63) is 96.1 Å². The number of benzene rings is 3. The molecule has 1 aromatic heterocycles. The van der Waals surface area contributed by atoms with Crippen molar-refractivity contribution in [3.8, 4) is 11.1 Å². The molecule has 0 aliphatic carbocycles. The van der Waals surface area contributed by atoms with E-state index in [1.54, 1.807) is 16.8 Å². The second-order valence-corrected chi connectivity index (χ2v) is 7.57. The van der Waals surface area contributed by atoms with Gasteiger partial charge in [-0.15, -0.1) is 5.10 Å². The molecule has 3 N–H and O–H groups in total. The fourth-order valence-electron chi connectivity index (χ4n) is 3.43. The number of carbonyl (C=O) groups excluding carboxylic acids is 1. The maximum absolute atomic E-state index is 13.3. The number of nitrogen functional groups attached to an aromatic ring is 1. The molecule has 0 saturated heterocycles. The predicted octanol–water partition coefficient (Wildman–Crippen LogP) is 4.48. The third-order valence-electron chi connectivity index (χ3n) is 5.15. The zero-order chi connectivity index (χ0) is 22.3. The minimum absolute atomic E-state index is 0.142. The molecule has 0 bridgehead atoms. The molecule has 1 heterocycles. The maximum atomic E-state index is 13.3. The molecule has 4 rings (SSSR count). The summed E-state index contributed by atoms with van der Waals surface area (Å²) in [5, 5.41) is 11.1. The van der Waals surface area contributed by atoms with Gasteiger partial charge in [-0.05, 0) is 47.4 Å². The molecule has 162 valence electrons. The monoisotopic (exact) mass is 429 g/mol. The van der Waals surface area contributed by atoms with E-state index in [1.165, 1.54) is 12.1 Å². The number of nitrogens with one attached hydrogen (secondary N) is 1. The summed E-state index contributed by atoms with van der Waals surface area (Å²) in [6.07, 6.45) is 3.19. The van der Waals surface area contributed by atoms with E-state index >= 15 is 0 Å². The lowest BCUT2D eigenvalue weighted by Gasteiger charge is -2.10. The molecule has 3 aromatic carbocycles. The van der Waals surface area contributed by atoms with Crippen LogP contribution in [0.15, 0.2) is 79.0 Å². The number of amides is 1. The Balaban J connectivity index is 1.31. The van der Waals surface area contributed by atoms with Gasteiger partial charge in [0.15, 0.2) is 0 Å². The quantitative estimate of drug-likeness (QED) is 0.405. The molecule has 0 aliphatic rings. The van der Waals surface area contributed by atoms with E-state index in [-0.39, 0.29) is 18.1 Å². The van der Waals surface area contributed by atoms with E-state index in [0.717, 1.165) is 22.4 Å². The zero-order valence-electron chi connectivity index (χ0n) is 17.5. The first-order valence-corrected chi connectivity index (χ1v) is 10.4. The molecule has 1 amide bonds. The number of aromatic nitrogens is 3. The Morgan fingerprint density at radius 2 is 1.81 bits per heavy atom. The van der Waals surface area contributed by atoms with Crippen LogP contribution in [0, 0.1) is 5.82 Å². The van der Waals surface area contributed by atoms with Crippen LogP contribution in [0.4, 0.5) is 15.8 Å². The number of aryl methyl sites for hydroxylation is 3. The van der Waals surface area contributed by atoms with Crippen molar-refractivity contribution in [2.75, 3.05) is 11.1 Å². The van der Waals surface area contributed by atoms with E-state index in [1.807, 2.05) is 54.7 Å². The Bertz CT molecular complexity index is 1210. The fraction of sp³-hybridized carbons (Fsp3) is 0.160. The first-order valence-electron chi connectivity index (χ1n) is 10.4. The third kappa shape index (κ3) is 5.57. The Kier molecular flexibility index (Phi) is 6.55. The van der Waals surface area contributed by atoms with Crippen molar-refractivity contribution in [3.63, 3.8) is 0 Å². The van der Waals surface area contributed by atoms with Crippen LogP contribution >= 0.6 is 0 Å². The van der Waals surface area contributed by atoms with Gasteiger partial charge in [0.25, 0.3) is 0 Å². The Labute approximate surface area is 185 Å². The van der Waals surface area contributed by atoms with Gasteiger partial charge >= 0.3 is 0 Å². The molecule has 0 fully saturated rings. The number of nitrogens with zero attached hydrogens (tertiary/aromatic N) is 3. The smallest absolute Gasteiger partial charge is 0.224 e. The first-order chi connectivity index (χ1) is 15.6. The lowest BCUT2D eigenvalue weighted by atomic mass is 10.0. The normalized spacial score (nSPS) is 10.8. The molecule has 32 heavy (non-hydrogen) atoms. The molecule has 0 saturated carbocycles. The fourth-order valence-corrected chi connectivity index (χ4v) is 3.43. The van der Waals surface area contributed by atoms with Crippen LogP contribution < -0.4 is 11.1 Å². The van der Waals surface area contributed by atoms with Crippen LogP contribution in [0.5, 0.6) is 0 Å². The molecule has 0 spiro atoms. The number of anilines is 2. The largest absolute Gasteiger partial charge is 0.397 e. The van der Waals surface area contributed by atoms with Gasteiger partial charge in [-0.3, -0.25) is 9.48 Å². The van der Waals surface area contributed by atoms with Gasteiger partial charge in [0, 0.05) is 25.6 Å². The van der Waals surface area contributed by atoms with Gasteiger partial charge in [-0.25, -0.2) is 4.39 Å². The summed E-state index contributed by atoms with van der Waals surface area (Å²) in [7, 11) is 0. The number of carbonyl (C=O) groups is 1. The highest BCUT2D eigenvalue weighted by Crippen LogP contribution is 2.27. The van der Waals surface area contributed by atoms with E-state index in [2.05, 4.69) is 15.6 Å². The summed E-state index contributed by atoms with van der Waals surface area (Å²) in [4.78, 5) is 12.5. The zero-order valence-corrected chi connectivity index (χ0v) is 17.5. The van der Waals surface area contributed by atoms with Crippen molar-refractivity contribution in [1.29, 1.82) is 0 Å². The second kappa shape index (κ2) is 9.87. The van der Waals surface area contributed by atoms with Crippen LogP contribution in [-0.2, 0) is 24.2 Å². The van der Waals surface area contributed by atoms with Gasteiger partial charge in [-0.2, -0.15) is 0 Å². The molecular weight excluding hydrogens is 405 g/mol. The van der Waals surface area contributed by atoms with E-state index in [0.29, 0.717) is 30.8 Å². The van der Waals surface area contributed by atoms with Crippen molar-refractivity contribution in [2.24, 2.45) is 0 Å². The lowest BCUT2D eigenvalue weighted by Crippen LogP contribution is -2.13. The van der Waals surface area contributed by atoms with Gasteiger partial charge in [0.05, 0.1) is 17.1 Å². The van der Waals surface area contributed by atoms with Crippen LogP contribution in [0.3, 0.4) is 0 Å². The van der Waals surface area contributed by atoms with E-state index in [9.17, 15) is 9.18 Å². The molecule has 0 atom stereocenters. The number of nitrogens with two attached hydrogens (primary N) is 1. The lowest BCUT2D eigenvalue weighted by molar-refractivity contribution is -0.116. The molecule has 0 radical (unpaired) electrons. The maximum Gasteiger partial charge on any atom is 0.224 e. The number of rotatable bonds is 8. The molecule has 0 unspecified atom stereocenters. The van der Waals surface area contributed by atoms with Gasteiger partial charge < -0.3 is 11.1 Å². The number of halogens is 1. The SMILES string of the molecule is Nc1ccc(-c2ccccc2)cc1NC(=O)CCc1cn(CCc2cccc(F)c2)nn1. The van der Waals surface area contributed by atoms with Crippen LogP contribution in [0.2, 0.25) is 0 Å². The van der Waals surface area contributed by atoms with Crippen LogP contribution in [0.25, 0.3) is 11.1 Å². The molecule has 4 aromatic rings. The van der Waals surface area contributed by atoms with Crippen molar-refractivity contribution < 1.29 is 9.18 Å². The highest BCUT2D eigenvalue weighted by molar-refractivity contribution is 5.95. The molecule has 6 nitrogen and oxygen atoms in total. The van der Waals surface area contributed by atoms with Crippen molar-refractivity contribution >= 4 is 17.3 Å². The summed E-state index contributed by atoms with van der Waals surface area (Å²) < 4.78 is 15.0. The minimum Gasteiger partial charge on any atom is -0.397 e. The number of hydrogen-bond donors (Lipinski definition) is 2. The Hall–Kier alpha value is -4.00. The summed E-state index contributed by atoms with van der Waals surface area (Å²) in [6.45, 7) is 0.589. The topological polar surface area (TPSA) is 85.8 Å². The third-order valence-corrected chi connectivity index (χ3v) is 5.15. The van der Waals surface area contributed by atoms with Crippen molar-refractivity contribution in [2.45, 2.75) is 25.8 Å². The minimum atomic E-state index is -0.247. The molecular formula is C25H24FN5O. The second-order valence-electron chi connectivity index (χ2n) is 7.57. The average molecular weight is 429 g/mol. The molecule has 0 aliphatic heterocycles. The van der Waals surface area contributed by atoms with Crippen LogP contribution in [-0.4, -0.2) is 20.9 Å². The summed E-state index contributed by atoms with van der Waals surface area (Å²) in [5.41, 5.74) is 10.8. The van der Waals surface area contributed by atoms with Gasteiger partial charge in [-0.1, -0.05) is 53.7 Å². The van der Waals surface area contributed by atoms with E-state index < -0.39 is 0 Å². The summed E-state index contributed by atoms with van der Waals surface area (Å²) in [5.74, 6) is -0.390. The molecule has 7 heteroatoms. The summed E-state index contributed by atoms with van der Waals surface area (Å²) in [6, 6.07) is 22.0. The highest BCUT2D eigenvalue weighted by Gasteiger charge is 2.10. The standard InChI is InChI=1S/C25H24FN5O/c26-21-8-4-5-18(15-21)13-14-31-17-22(29-30-31)10-12-25(32)28-24-16-20(9-11-23(24)27)19-6-2-1-3-7-19/h1-9,11,15-17H,10,12-14,27H2,(H,28,32). The van der Waals surface area contributed by atoms with Crippen molar-refractivity contribution in [1.82, 2.24) is 15.0 Å². The predicted molar refractivity (Wildman–Crippen MR) is 123 cm³/mol. The highest BCUT2D eigenvalue weighted by atomic mass is 19.1. The Morgan fingerprint density at radius 1 is 0.969 bits per heavy atom. The van der Waals surface area contributed by atoms with Crippen LogP contribution in [0.1, 0.15) is 17.7 Å². The first kappa shape index (κ1) is 21.2. The number of hydrogen-bond acceptors (Lipinski definition) is 4. The average Bonchev–Trinajstić information content (AvgIpc) is 3.26. The van der Waals surface area contributed by atoms with E-state index in [4.69, 9.17) is 5.73 Å².